The summed E-state index contributed by atoms with van der Waals surface area (Å²) in [7, 11) is 1.13. The first kappa shape index (κ1) is 12.2. The Balaban J connectivity index is 3.61. The first-order chi connectivity index (χ1) is 7.52. The molecule has 1 rings (SSSR count). The van der Waals surface area contributed by atoms with Crippen LogP contribution in [0.2, 0.25) is 0 Å². The van der Waals surface area contributed by atoms with Gasteiger partial charge in [0.15, 0.2) is 11.6 Å². The lowest BCUT2D eigenvalue weighted by molar-refractivity contribution is 0.0995. The maximum Gasteiger partial charge on any atom is 0.251 e. The minimum atomic E-state index is -1.38. The molecule has 84 valence electrons. The van der Waals surface area contributed by atoms with Crippen molar-refractivity contribution in [3.63, 3.8) is 0 Å². The molecule has 0 aliphatic carbocycles. The number of thiocarbonyl (C=S) groups is 1. The number of benzene rings is 1. The van der Waals surface area contributed by atoms with Crippen LogP contribution in [-0.2, 0) is 0 Å². The second kappa shape index (κ2) is 4.78. The van der Waals surface area contributed by atoms with E-state index in [-0.39, 0.29) is 5.69 Å². The molecule has 0 spiro atoms. The molecule has 0 saturated heterocycles. The zero-order chi connectivity index (χ0) is 12.3. The highest BCUT2D eigenvalue weighted by Crippen LogP contribution is 2.33. The fourth-order valence-corrected chi connectivity index (χ4v) is 1.20. The summed E-state index contributed by atoms with van der Waals surface area (Å²) in [5.74, 6) is -4.30. The van der Waals surface area contributed by atoms with E-state index in [1.54, 1.807) is 0 Å². The Labute approximate surface area is 94.7 Å². The number of nitrogens with two attached hydrogens (primary N) is 1. The molecule has 0 radical (unpaired) electrons. The van der Waals surface area contributed by atoms with Crippen molar-refractivity contribution in [2.75, 3.05) is 7.11 Å². The first-order valence-corrected chi connectivity index (χ1v) is 4.37. The summed E-state index contributed by atoms with van der Waals surface area (Å²) in [6.07, 6.45) is 0. The van der Waals surface area contributed by atoms with Gasteiger partial charge in [-0.25, -0.2) is 4.39 Å². The van der Waals surface area contributed by atoms with Crippen LogP contribution >= 0.6 is 12.2 Å². The third-order valence-electron chi connectivity index (χ3n) is 1.78. The number of carbonyl (C=O) groups excluding carboxylic acids is 1. The molecule has 16 heavy (non-hydrogen) atoms. The topological polar surface area (TPSA) is 64.7 Å². The van der Waals surface area contributed by atoms with Crippen molar-refractivity contribution in [3.8, 4) is 5.75 Å². The molecule has 0 aliphatic heterocycles. The van der Waals surface area contributed by atoms with E-state index in [1.165, 1.54) is 0 Å². The first-order valence-electron chi connectivity index (χ1n) is 3.96. The molecule has 0 saturated carbocycles. The highest BCUT2D eigenvalue weighted by molar-refractivity contribution is 7.78. The summed E-state index contributed by atoms with van der Waals surface area (Å²) in [6.45, 7) is 0. The van der Waals surface area contributed by atoms with E-state index < -0.39 is 28.9 Å². The minimum absolute atomic E-state index is 0.148. The zero-order valence-corrected chi connectivity index (χ0v) is 8.90. The van der Waals surface area contributed by atoms with Crippen molar-refractivity contribution in [2.45, 2.75) is 0 Å². The van der Waals surface area contributed by atoms with Crippen LogP contribution in [0.4, 0.5) is 14.5 Å². The lowest BCUT2D eigenvalue weighted by atomic mass is 10.1. The van der Waals surface area contributed by atoms with Crippen molar-refractivity contribution in [2.24, 2.45) is 10.7 Å². The molecular weight excluding hydrogens is 238 g/mol. The maximum absolute atomic E-state index is 13.4. The van der Waals surface area contributed by atoms with E-state index in [4.69, 9.17) is 5.73 Å². The second-order valence-corrected chi connectivity index (χ2v) is 2.85. The summed E-state index contributed by atoms with van der Waals surface area (Å²) in [5.41, 5.74) is 4.09. The minimum Gasteiger partial charge on any atom is -0.491 e. The third-order valence-corrected chi connectivity index (χ3v) is 1.87. The van der Waals surface area contributed by atoms with Gasteiger partial charge < -0.3 is 10.5 Å². The van der Waals surface area contributed by atoms with Crippen molar-refractivity contribution >= 4 is 29.0 Å². The Morgan fingerprint density at radius 1 is 1.56 bits per heavy atom. The summed E-state index contributed by atoms with van der Waals surface area (Å²) in [5, 5.41) is 1.96. The van der Waals surface area contributed by atoms with Crippen LogP contribution in [0.5, 0.6) is 5.75 Å². The Kier molecular flexibility index (Phi) is 3.65. The van der Waals surface area contributed by atoms with Gasteiger partial charge in [-0.2, -0.15) is 9.38 Å². The Bertz CT molecular complexity index is 499. The number of carbonyl (C=O) groups is 1. The fraction of sp³-hybridized carbons (Fsp3) is 0.111. The fourth-order valence-electron chi connectivity index (χ4n) is 1.10. The molecule has 0 aromatic heterocycles. The van der Waals surface area contributed by atoms with E-state index in [1.807, 2.05) is 5.16 Å². The van der Waals surface area contributed by atoms with E-state index in [0.29, 0.717) is 0 Å². The lowest BCUT2D eigenvalue weighted by Crippen LogP contribution is -2.14. The van der Waals surface area contributed by atoms with E-state index in [2.05, 4.69) is 21.9 Å². The number of ether oxygens (including phenoxy) is 1. The molecule has 1 aromatic carbocycles. The molecule has 4 nitrogen and oxygen atoms in total. The number of aliphatic imine (C=N–C) groups is 1. The summed E-state index contributed by atoms with van der Waals surface area (Å²) in [6, 6.07) is 0.943. The van der Waals surface area contributed by atoms with Crippen LogP contribution in [0.25, 0.3) is 0 Å². The number of primary amides is 1. The maximum atomic E-state index is 13.4. The number of nitrogens with zero attached hydrogens (tertiary/aromatic N) is 1. The quantitative estimate of drug-likeness (QED) is 0.651. The Morgan fingerprint density at radius 3 is 2.62 bits per heavy atom. The van der Waals surface area contributed by atoms with Gasteiger partial charge in [0.1, 0.15) is 5.69 Å². The van der Waals surface area contributed by atoms with Gasteiger partial charge in [-0.3, -0.25) is 4.79 Å². The van der Waals surface area contributed by atoms with Gasteiger partial charge in [-0.1, -0.05) is 0 Å². The standard InChI is InChI=1S/C9H6F2N2O2S/c1-15-8-5(13-3-16)2-4(9(12)14)6(10)7(8)11/h2H,1H3,(H2,12,14). The molecule has 1 amide bonds. The molecule has 0 fully saturated rings. The smallest absolute Gasteiger partial charge is 0.251 e. The van der Waals surface area contributed by atoms with Gasteiger partial charge in [0.2, 0.25) is 5.82 Å². The highest BCUT2D eigenvalue weighted by Gasteiger charge is 2.21. The predicted octanol–water partition coefficient (Wildman–Crippen LogP) is 1.81. The van der Waals surface area contributed by atoms with Crippen molar-refractivity contribution in [1.29, 1.82) is 0 Å². The van der Waals surface area contributed by atoms with Crippen LogP contribution in [0.15, 0.2) is 11.1 Å². The molecular formula is C9H6F2N2O2S. The number of halogens is 2. The van der Waals surface area contributed by atoms with Crippen LogP contribution in [0, 0.1) is 11.6 Å². The van der Waals surface area contributed by atoms with Gasteiger partial charge >= 0.3 is 0 Å². The lowest BCUT2D eigenvalue weighted by Gasteiger charge is -2.07. The van der Waals surface area contributed by atoms with E-state index in [9.17, 15) is 13.6 Å². The highest BCUT2D eigenvalue weighted by atomic mass is 32.1. The average molecular weight is 244 g/mol. The Morgan fingerprint density at radius 2 is 2.19 bits per heavy atom. The zero-order valence-electron chi connectivity index (χ0n) is 8.08. The number of methoxy groups -OCH3 is 1. The molecule has 1 aromatic rings. The molecule has 7 heteroatoms. The molecule has 2 N–H and O–H groups in total. The summed E-state index contributed by atoms with van der Waals surface area (Å²) in [4.78, 5) is 14.3. The van der Waals surface area contributed by atoms with Crippen molar-refractivity contribution < 1.29 is 18.3 Å². The second-order valence-electron chi connectivity index (χ2n) is 2.67. The number of isothiocyanates is 1. The monoisotopic (exact) mass is 244 g/mol. The molecule has 0 unspecified atom stereocenters. The normalized spacial score (nSPS) is 9.44. The number of amides is 1. The Hall–Kier alpha value is -1.85. The van der Waals surface area contributed by atoms with Gasteiger partial charge in [-0.05, 0) is 18.3 Å². The van der Waals surface area contributed by atoms with Crippen LogP contribution in [-0.4, -0.2) is 18.2 Å². The molecule has 0 bridgehead atoms. The third kappa shape index (κ3) is 2.05. The van der Waals surface area contributed by atoms with Crippen molar-refractivity contribution in [3.05, 3.63) is 23.3 Å². The van der Waals surface area contributed by atoms with Crippen LogP contribution in [0.3, 0.4) is 0 Å². The molecule has 0 heterocycles. The van der Waals surface area contributed by atoms with Crippen LogP contribution < -0.4 is 10.5 Å². The van der Waals surface area contributed by atoms with Gasteiger partial charge in [0, 0.05) is 0 Å². The average Bonchev–Trinajstić information content (AvgIpc) is 2.23. The summed E-state index contributed by atoms with van der Waals surface area (Å²) < 4.78 is 31.3. The number of hydrogen-bond acceptors (Lipinski definition) is 4. The summed E-state index contributed by atoms with van der Waals surface area (Å²) >= 11 is 4.32. The molecule has 0 atom stereocenters. The van der Waals surface area contributed by atoms with Crippen molar-refractivity contribution in [1.82, 2.24) is 0 Å². The number of hydrogen-bond donors (Lipinski definition) is 1. The van der Waals surface area contributed by atoms with Gasteiger partial charge in [0.25, 0.3) is 5.91 Å². The predicted molar refractivity (Wildman–Crippen MR) is 56.1 cm³/mol. The van der Waals surface area contributed by atoms with Crippen LogP contribution in [0.1, 0.15) is 10.4 Å². The largest absolute Gasteiger partial charge is 0.491 e. The van der Waals surface area contributed by atoms with Gasteiger partial charge in [0.05, 0.1) is 17.8 Å². The SMILES string of the molecule is COc1c(N=C=S)cc(C(N)=O)c(F)c1F. The van der Waals surface area contributed by atoms with E-state index in [0.717, 1.165) is 13.2 Å². The van der Waals surface area contributed by atoms with E-state index >= 15 is 0 Å². The molecule has 0 aliphatic rings. The van der Waals surface area contributed by atoms with Gasteiger partial charge in [-0.15, -0.1) is 0 Å². The number of rotatable bonds is 3.